The lowest BCUT2D eigenvalue weighted by molar-refractivity contribution is -0.114. The van der Waals surface area contributed by atoms with Crippen LogP contribution in [0.1, 0.15) is 22.8 Å². The molecule has 3 aromatic rings. The van der Waals surface area contributed by atoms with Gasteiger partial charge < -0.3 is 5.32 Å². The fraction of sp³-hybridized carbons (Fsp3) is 0.0769. The Morgan fingerprint density at radius 1 is 1.00 bits per heavy atom. The highest BCUT2D eigenvalue weighted by atomic mass is 32.2. The molecule has 2 amide bonds. The van der Waals surface area contributed by atoms with Gasteiger partial charge in [-0.2, -0.15) is 0 Å². The van der Waals surface area contributed by atoms with E-state index in [2.05, 4.69) is 10.3 Å². The van der Waals surface area contributed by atoms with E-state index in [9.17, 15) is 18.8 Å². The number of rotatable bonds is 6. The number of halogens is 1. The van der Waals surface area contributed by atoms with Crippen LogP contribution < -0.4 is 10.2 Å². The predicted octanol–water partition coefficient (Wildman–Crippen LogP) is 5.14. The highest BCUT2D eigenvalue weighted by Crippen LogP contribution is 2.29. The summed E-state index contributed by atoms with van der Waals surface area (Å²) >= 11 is 1.10. The average Bonchev–Trinajstić information content (AvgIpc) is 3.14. The van der Waals surface area contributed by atoms with Gasteiger partial charge in [-0.25, -0.2) is 9.38 Å². The summed E-state index contributed by atoms with van der Waals surface area (Å²) in [6.45, 7) is 1.47. The van der Waals surface area contributed by atoms with Crippen LogP contribution in [0, 0.1) is 5.82 Å². The second-order valence-corrected chi connectivity index (χ2v) is 8.36. The average molecular weight is 474 g/mol. The molecule has 6 nitrogen and oxygen atoms in total. The summed E-state index contributed by atoms with van der Waals surface area (Å²) in [5.41, 5.74) is 2.60. The van der Waals surface area contributed by atoms with Crippen molar-refractivity contribution in [1.29, 1.82) is 0 Å². The Balaban J connectivity index is 1.52. The molecule has 0 saturated carbocycles. The van der Waals surface area contributed by atoms with Gasteiger partial charge in [0.15, 0.2) is 11.0 Å². The maximum Gasteiger partial charge on any atom is 0.283 e. The Morgan fingerprint density at radius 2 is 1.68 bits per heavy atom. The Hall–Kier alpha value is -4.04. The van der Waals surface area contributed by atoms with Crippen LogP contribution in [-0.2, 0) is 9.59 Å². The van der Waals surface area contributed by atoms with Gasteiger partial charge in [0.2, 0.25) is 5.91 Å². The van der Waals surface area contributed by atoms with Gasteiger partial charge in [-0.15, -0.1) is 0 Å². The zero-order chi connectivity index (χ0) is 24.1. The Kier molecular flexibility index (Phi) is 6.98. The molecule has 1 aliphatic heterocycles. The number of benzene rings is 3. The lowest BCUT2D eigenvalue weighted by Crippen LogP contribution is -2.31. The van der Waals surface area contributed by atoms with Gasteiger partial charge >= 0.3 is 0 Å². The molecule has 4 rings (SSSR count). The third-order valence-corrected chi connectivity index (χ3v) is 5.86. The molecule has 0 radical (unpaired) electrons. The van der Waals surface area contributed by atoms with Gasteiger partial charge in [0, 0.05) is 11.3 Å². The van der Waals surface area contributed by atoms with E-state index in [4.69, 9.17) is 0 Å². The van der Waals surface area contributed by atoms with Gasteiger partial charge in [-0.3, -0.25) is 19.3 Å². The number of carbonyl (C=O) groups is 3. The number of aliphatic imine (C=N–C) groups is 1. The fourth-order valence-electron chi connectivity index (χ4n) is 3.23. The summed E-state index contributed by atoms with van der Waals surface area (Å²) in [4.78, 5) is 42.9. The molecule has 0 spiro atoms. The zero-order valence-corrected chi connectivity index (χ0v) is 19.0. The van der Waals surface area contributed by atoms with Crippen molar-refractivity contribution in [2.24, 2.45) is 4.99 Å². The molecule has 0 fully saturated rings. The first-order chi connectivity index (χ1) is 16.4. The van der Waals surface area contributed by atoms with Crippen LogP contribution >= 0.6 is 11.8 Å². The normalized spacial score (nSPS) is 14.3. The molecule has 34 heavy (non-hydrogen) atoms. The molecule has 3 aromatic carbocycles. The second kappa shape index (κ2) is 10.3. The summed E-state index contributed by atoms with van der Waals surface area (Å²) in [6, 6.07) is 21.4. The SMILES string of the molecule is CC(=O)c1ccc(NC(=O)CSC2=N/C(=C\c3ccccc3)C(=O)N2c2ccc(F)cc2)cc1. The van der Waals surface area contributed by atoms with E-state index in [1.807, 2.05) is 30.3 Å². The van der Waals surface area contributed by atoms with Crippen LogP contribution in [0.15, 0.2) is 89.6 Å². The third kappa shape index (κ3) is 5.47. The Bertz CT molecular complexity index is 1290. The van der Waals surface area contributed by atoms with Crippen molar-refractivity contribution >= 4 is 52.0 Å². The van der Waals surface area contributed by atoms with Crippen molar-refractivity contribution in [3.05, 3.63) is 102 Å². The minimum Gasteiger partial charge on any atom is -0.325 e. The first-order valence-corrected chi connectivity index (χ1v) is 11.4. The number of amidine groups is 1. The number of hydrogen-bond acceptors (Lipinski definition) is 5. The molecule has 0 atom stereocenters. The van der Waals surface area contributed by atoms with Crippen LogP contribution in [0.2, 0.25) is 0 Å². The van der Waals surface area contributed by atoms with Gasteiger partial charge in [0.05, 0.1) is 11.4 Å². The molecule has 0 unspecified atom stereocenters. The van der Waals surface area contributed by atoms with Crippen molar-refractivity contribution in [3.63, 3.8) is 0 Å². The maximum absolute atomic E-state index is 13.4. The molecule has 0 aliphatic carbocycles. The van der Waals surface area contributed by atoms with Crippen molar-refractivity contribution in [2.45, 2.75) is 6.92 Å². The molecule has 0 bridgehead atoms. The highest BCUT2D eigenvalue weighted by Gasteiger charge is 2.32. The van der Waals surface area contributed by atoms with Crippen LogP contribution in [0.3, 0.4) is 0 Å². The maximum atomic E-state index is 13.4. The molecule has 8 heteroatoms. The topological polar surface area (TPSA) is 78.8 Å². The Morgan fingerprint density at radius 3 is 2.32 bits per heavy atom. The van der Waals surface area contributed by atoms with Crippen molar-refractivity contribution in [3.8, 4) is 0 Å². The number of amides is 2. The van der Waals surface area contributed by atoms with Crippen LogP contribution in [0.4, 0.5) is 15.8 Å². The largest absolute Gasteiger partial charge is 0.325 e. The van der Waals surface area contributed by atoms with Crippen molar-refractivity contribution in [1.82, 2.24) is 0 Å². The van der Waals surface area contributed by atoms with E-state index in [1.54, 1.807) is 30.3 Å². The number of anilines is 2. The quantitative estimate of drug-likeness (QED) is 0.397. The highest BCUT2D eigenvalue weighted by molar-refractivity contribution is 8.14. The zero-order valence-electron chi connectivity index (χ0n) is 18.2. The van der Waals surface area contributed by atoms with Crippen LogP contribution in [0.5, 0.6) is 0 Å². The van der Waals surface area contributed by atoms with E-state index in [1.165, 1.54) is 36.1 Å². The van der Waals surface area contributed by atoms with Crippen molar-refractivity contribution < 1.29 is 18.8 Å². The third-order valence-electron chi connectivity index (χ3n) is 4.92. The number of Topliss-reactive ketones (excluding diaryl/α,β-unsaturated/α-hetero) is 1. The molecule has 0 aromatic heterocycles. The first-order valence-electron chi connectivity index (χ1n) is 10.4. The number of carbonyl (C=O) groups excluding carboxylic acids is 3. The summed E-state index contributed by atoms with van der Waals surface area (Å²) < 4.78 is 13.4. The number of nitrogens with one attached hydrogen (secondary N) is 1. The molecule has 0 saturated heterocycles. The Labute approximate surface area is 200 Å². The number of thioether (sulfide) groups is 1. The van der Waals surface area contributed by atoms with Crippen LogP contribution in [-0.4, -0.2) is 28.5 Å². The monoisotopic (exact) mass is 473 g/mol. The van der Waals surface area contributed by atoms with E-state index in [0.29, 0.717) is 22.1 Å². The summed E-state index contributed by atoms with van der Waals surface area (Å²) in [5.74, 6) is -1.14. The molecular weight excluding hydrogens is 453 g/mol. The smallest absolute Gasteiger partial charge is 0.283 e. The van der Waals surface area contributed by atoms with Crippen LogP contribution in [0.25, 0.3) is 6.08 Å². The van der Waals surface area contributed by atoms with E-state index in [0.717, 1.165) is 17.3 Å². The molecule has 1 N–H and O–H groups in total. The van der Waals surface area contributed by atoms with Gasteiger partial charge in [0.1, 0.15) is 11.5 Å². The second-order valence-electron chi connectivity index (χ2n) is 7.42. The summed E-state index contributed by atoms with van der Waals surface area (Å²) in [7, 11) is 0. The van der Waals surface area contributed by atoms with E-state index < -0.39 is 5.82 Å². The van der Waals surface area contributed by atoms with Gasteiger partial charge in [-0.05, 0) is 67.1 Å². The minimum atomic E-state index is -0.420. The number of hydrogen-bond donors (Lipinski definition) is 1. The van der Waals surface area contributed by atoms with E-state index in [-0.39, 0.29) is 29.0 Å². The summed E-state index contributed by atoms with van der Waals surface area (Å²) in [6.07, 6.45) is 1.67. The molecular formula is C26H20FN3O3S. The number of ketones is 1. The summed E-state index contributed by atoms with van der Waals surface area (Å²) in [5, 5.41) is 3.08. The molecule has 1 aliphatic rings. The molecule has 170 valence electrons. The fourth-order valence-corrected chi connectivity index (χ4v) is 4.05. The van der Waals surface area contributed by atoms with Gasteiger partial charge in [0.25, 0.3) is 5.91 Å². The van der Waals surface area contributed by atoms with E-state index >= 15 is 0 Å². The standard InChI is InChI=1S/C26H20FN3O3S/c1-17(31)19-7-11-21(12-8-19)28-24(32)16-34-26-29-23(15-18-5-3-2-4-6-18)25(33)30(26)22-13-9-20(27)10-14-22/h2-15H,16H2,1H3,(H,28,32)/b23-15-. The number of nitrogens with zero attached hydrogens (tertiary/aromatic N) is 2. The first kappa shape index (κ1) is 23.1. The lowest BCUT2D eigenvalue weighted by atomic mass is 10.1. The minimum absolute atomic E-state index is 0.00309. The molecule has 1 heterocycles. The lowest BCUT2D eigenvalue weighted by Gasteiger charge is -2.17. The predicted molar refractivity (Wildman–Crippen MR) is 133 cm³/mol. The van der Waals surface area contributed by atoms with Gasteiger partial charge in [-0.1, -0.05) is 42.1 Å². The van der Waals surface area contributed by atoms with Crippen molar-refractivity contribution in [2.75, 3.05) is 16.0 Å².